The Kier molecular flexibility index (Phi) is 6.86. The molecule has 0 radical (unpaired) electrons. The Labute approximate surface area is 156 Å². The average Bonchev–Trinajstić information content (AvgIpc) is 3.08. The van der Waals surface area contributed by atoms with E-state index in [0.717, 1.165) is 31.0 Å². The standard InChI is InChI=1S/C19H24F3NO4/c1-3-26-17(25)15(18(27-4-2)10-5-6-11-18)23-16(24)13-8-7-9-14(12-13)19(20,21)22/h7-9,12,15H,3-6,10-11H2,1-2H3,(H,23,24)/t15-/m0/s1. The van der Waals surface area contributed by atoms with Crippen LogP contribution in [0.15, 0.2) is 24.3 Å². The van der Waals surface area contributed by atoms with Crippen LogP contribution < -0.4 is 5.32 Å². The highest BCUT2D eigenvalue weighted by Gasteiger charge is 2.48. The Morgan fingerprint density at radius 2 is 1.85 bits per heavy atom. The van der Waals surface area contributed by atoms with E-state index >= 15 is 0 Å². The normalized spacial score (nSPS) is 17.4. The largest absolute Gasteiger partial charge is 0.464 e. The maximum Gasteiger partial charge on any atom is 0.416 e. The summed E-state index contributed by atoms with van der Waals surface area (Å²) in [7, 11) is 0. The first-order chi connectivity index (χ1) is 12.7. The van der Waals surface area contributed by atoms with Crippen molar-refractivity contribution in [2.75, 3.05) is 13.2 Å². The lowest BCUT2D eigenvalue weighted by molar-refractivity contribution is -0.156. The quantitative estimate of drug-likeness (QED) is 0.725. The van der Waals surface area contributed by atoms with Gasteiger partial charge in [-0.05, 0) is 44.9 Å². The van der Waals surface area contributed by atoms with Gasteiger partial charge in [0.1, 0.15) is 0 Å². The smallest absolute Gasteiger partial charge is 0.416 e. The van der Waals surface area contributed by atoms with Gasteiger partial charge in [-0.15, -0.1) is 0 Å². The molecule has 0 aliphatic heterocycles. The molecule has 1 amide bonds. The first-order valence-electron chi connectivity index (χ1n) is 9.02. The minimum Gasteiger partial charge on any atom is -0.464 e. The zero-order valence-electron chi connectivity index (χ0n) is 15.4. The van der Waals surface area contributed by atoms with Crippen LogP contribution in [0.5, 0.6) is 0 Å². The van der Waals surface area contributed by atoms with Crippen LogP contribution in [0.2, 0.25) is 0 Å². The van der Waals surface area contributed by atoms with Crippen LogP contribution in [-0.4, -0.2) is 36.7 Å². The van der Waals surface area contributed by atoms with E-state index in [1.54, 1.807) is 13.8 Å². The zero-order chi connectivity index (χ0) is 20.1. The molecule has 1 aliphatic carbocycles. The number of hydrogen-bond acceptors (Lipinski definition) is 4. The fourth-order valence-corrected chi connectivity index (χ4v) is 3.46. The summed E-state index contributed by atoms with van der Waals surface area (Å²) in [6.45, 7) is 3.90. The van der Waals surface area contributed by atoms with E-state index in [0.29, 0.717) is 19.4 Å². The molecule has 0 saturated heterocycles. The van der Waals surface area contributed by atoms with E-state index in [1.165, 1.54) is 6.07 Å². The number of nitrogens with one attached hydrogen (secondary N) is 1. The summed E-state index contributed by atoms with van der Waals surface area (Å²) in [5.74, 6) is -1.42. The number of ether oxygens (including phenoxy) is 2. The number of halogens is 3. The van der Waals surface area contributed by atoms with Crippen LogP contribution in [0, 0.1) is 0 Å². The first kappa shape index (κ1) is 21.2. The molecular formula is C19H24F3NO4. The molecule has 5 nitrogen and oxygen atoms in total. The minimum atomic E-state index is -4.56. The molecular weight excluding hydrogens is 363 g/mol. The van der Waals surface area contributed by atoms with Crippen molar-refractivity contribution >= 4 is 11.9 Å². The number of rotatable bonds is 7. The van der Waals surface area contributed by atoms with Crippen molar-refractivity contribution in [1.29, 1.82) is 0 Å². The molecule has 1 N–H and O–H groups in total. The van der Waals surface area contributed by atoms with Gasteiger partial charge in [-0.3, -0.25) is 4.79 Å². The van der Waals surface area contributed by atoms with Crippen molar-refractivity contribution in [3.63, 3.8) is 0 Å². The van der Waals surface area contributed by atoms with Crippen molar-refractivity contribution in [1.82, 2.24) is 5.32 Å². The number of hydrogen-bond donors (Lipinski definition) is 1. The molecule has 1 aliphatic rings. The second-order valence-electron chi connectivity index (χ2n) is 6.44. The van der Waals surface area contributed by atoms with E-state index < -0.39 is 35.3 Å². The lowest BCUT2D eigenvalue weighted by Crippen LogP contribution is -2.57. The van der Waals surface area contributed by atoms with Crippen LogP contribution in [0.4, 0.5) is 13.2 Å². The monoisotopic (exact) mass is 387 g/mol. The predicted molar refractivity (Wildman–Crippen MR) is 92.2 cm³/mol. The molecule has 0 unspecified atom stereocenters. The van der Waals surface area contributed by atoms with Crippen molar-refractivity contribution < 1.29 is 32.2 Å². The Balaban J connectivity index is 2.29. The molecule has 1 aromatic carbocycles. The molecule has 0 spiro atoms. The second-order valence-corrected chi connectivity index (χ2v) is 6.44. The van der Waals surface area contributed by atoms with E-state index in [2.05, 4.69) is 5.32 Å². The second kappa shape index (κ2) is 8.73. The highest BCUT2D eigenvalue weighted by Crippen LogP contribution is 2.37. The summed E-state index contributed by atoms with van der Waals surface area (Å²) in [5.41, 5.74) is -2.01. The first-order valence-corrected chi connectivity index (χ1v) is 9.02. The number of carbonyl (C=O) groups excluding carboxylic acids is 2. The number of amides is 1. The number of alkyl halides is 3. The molecule has 150 valence electrons. The minimum absolute atomic E-state index is 0.122. The summed E-state index contributed by atoms with van der Waals surface area (Å²) in [4.78, 5) is 25.1. The Morgan fingerprint density at radius 3 is 2.41 bits per heavy atom. The highest BCUT2D eigenvalue weighted by atomic mass is 19.4. The van der Waals surface area contributed by atoms with E-state index in [9.17, 15) is 22.8 Å². The molecule has 1 saturated carbocycles. The Morgan fingerprint density at radius 1 is 1.19 bits per heavy atom. The lowest BCUT2D eigenvalue weighted by atomic mass is 9.91. The molecule has 1 atom stereocenters. The molecule has 2 rings (SSSR count). The number of esters is 1. The van der Waals surface area contributed by atoms with Gasteiger partial charge in [0.15, 0.2) is 6.04 Å². The highest BCUT2D eigenvalue weighted by molar-refractivity contribution is 5.97. The fourth-order valence-electron chi connectivity index (χ4n) is 3.46. The van der Waals surface area contributed by atoms with Crippen molar-refractivity contribution in [2.45, 2.75) is 57.3 Å². The molecule has 1 fully saturated rings. The average molecular weight is 387 g/mol. The van der Waals surface area contributed by atoms with Gasteiger partial charge in [-0.25, -0.2) is 4.79 Å². The van der Waals surface area contributed by atoms with Gasteiger partial charge < -0.3 is 14.8 Å². The van der Waals surface area contributed by atoms with E-state index in [-0.39, 0.29) is 12.2 Å². The Bertz CT molecular complexity index is 669. The van der Waals surface area contributed by atoms with Crippen molar-refractivity contribution in [2.24, 2.45) is 0 Å². The molecule has 0 aromatic heterocycles. The molecule has 0 bridgehead atoms. The number of benzene rings is 1. The van der Waals surface area contributed by atoms with Crippen molar-refractivity contribution in [3.8, 4) is 0 Å². The number of carbonyl (C=O) groups is 2. The third kappa shape index (κ3) is 5.00. The molecule has 0 heterocycles. The van der Waals surface area contributed by atoms with Gasteiger partial charge in [-0.2, -0.15) is 13.2 Å². The molecule has 27 heavy (non-hydrogen) atoms. The third-order valence-corrected chi connectivity index (χ3v) is 4.66. The van der Waals surface area contributed by atoms with Gasteiger partial charge in [0.05, 0.1) is 17.8 Å². The summed E-state index contributed by atoms with van der Waals surface area (Å²) in [5, 5.41) is 2.56. The maximum absolute atomic E-state index is 12.9. The summed E-state index contributed by atoms with van der Waals surface area (Å²) >= 11 is 0. The topological polar surface area (TPSA) is 64.6 Å². The van der Waals surface area contributed by atoms with Gasteiger partial charge >= 0.3 is 12.1 Å². The van der Waals surface area contributed by atoms with Crippen LogP contribution in [0.25, 0.3) is 0 Å². The summed E-state index contributed by atoms with van der Waals surface area (Å²) in [6.07, 6.45) is -1.78. The summed E-state index contributed by atoms with van der Waals surface area (Å²) in [6, 6.07) is 3.00. The summed E-state index contributed by atoms with van der Waals surface area (Å²) < 4.78 is 49.6. The van der Waals surface area contributed by atoms with Crippen molar-refractivity contribution in [3.05, 3.63) is 35.4 Å². The maximum atomic E-state index is 12.9. The van der Waals surface area contributed by atoms with Gasteiger partial charge in [0.2, 0.25) is 0 Å². The van der Waals surface area contributed by atoms with E-state index in [1.807, 2.05) is 0 Å². The predicted octanol–water partition coefficient (Wildman–Crippen LogP) is 3.72. The molecule has 1 aromatic rings. The van der Waals surface area contributed by atoms with Crippen LogP contribution in [-0.2, 0) is 20.4 Å². The SMILES string of the molecule is CCOC(=O)[C@H](NC(=O)c1cccc(C(F)(F)F)c1)C1(OCC)CCCC1. The molecule has 8 heteroatoms. The zero-order valence-corrected chi connectivity index (χ0v) is 15.4. The van der Waals surface area contributed by atoms with Crippen LogP contribution in [0.3, 0.4) is 0 Å². The van der Waals surface area contributed by atoms with Crippen LogP contribution in [0.1, 0.15) is 55.5 Å². The third-order valence-electron chi connectivity index (χ3n) is 4.66. The van der Waals surface area contributed by atoms with Gasteiger partial charge in [0.25, 0.3) is 5.91 Å². The Hall–Kier alpha value is -2.09. The van der Waals surface area contributed by atoms with Crippen LogP contribution >= 0.6 is 0 Å². The lowest BCUT2D eigenvalue weighted by Gasteiger charge is -2.36. The van der Waals surface area contributed by atoms with Gasteiger partial charge in [0, 0.05) is 12.2 Å². The van der Waals surface area contributed by atoms with Gasteiger partial charge in [-0.1, -0.05) is 18.9 Å². The van der Waals surface area contributed by atoms with E-state index in [4.69, 9.17) is 9.47 Å². The fraction of sp³-hybridized carbons (Fsp3) is 0.579.